The van der Waals surface area contributed by atoms with Crippen molar-refractivity contribution in [3.8, 4) is 0 Å². The molecule has 0 rings (SSSR count). The maximum atomic E-state index is 6.06. The fourth-order valence-corrected chi connectivity index (χ4v) is 3.46. The second-order valence-electron chi connectivity index (χ2n) is 6.79. The van der Waals surface area contributed by atoms with Gasteiger partial charge in [0.1, 0.15) is 0 Å². The van der Waals surface area contributed by atoms with Crippen LogP contribution in [0, 0.1) is 5.92 Å². The van der Waals surface area contributed by atoms with Gasteiger partial charge < -0.3 is 19.9 Å². The van der Waals surface area contributed by atoms with E-state index >= 15 is 0 Å². The Morgan fingerprint density at radius 3 is 1.52 bits per heavy atom. The Balaban J connectivity index is 4.75. The minimum atomic E-state index is -0.871. The van der Waals surface area contributed by atoms with E-state index in [0.29, 0.717) is 19.8 Å². The lowest BCUT2D eigenvalue weighted by Gasteiger charge is -2.39. The molecular formula is C21H45NO3. The minimum absolute atomic E-state index is 0.288. The van der Waals surface area contributed by atoms with Crippen LogP contribution in [-0.4, -0.2) is 32.3 Å². The number of unbranched alkanes of at least 4 members (excludes halogenated alkanes) is 7. The lowest BCUT2D eigenvalue weighted by molar-refractivity contribution is -0.403. The molecule has 0 aliphatic heterocycles. The predicted molar refractivity (Wildman–Crippen MR) is 107 cm³/mol. The van der Waals surface area contributed by atoms with Crippen LogP contribution >= 0.6 is 0 Å². The zero-order valence-corrected chi connectivity index (χ0v) is 17.5. The fraction of sp³-hybridized carbons (Fsp3) is 1.00. The average Bonchev–Trinajstić information content (AvgIpc) is 2.60. The van der Waals surface area contributed by atoms with E-state index < -0.39 is 5.97 Å². The van der Waals surface area contributed by atoms with Gasteiger partial charge >= 0.3 is 0 Å². The molecule has 0 saturated carbocycles. The van der Waals surface area contributed by atoms with Gasteiger partial charge in [-0.1, -0.05) is 58.3 Å². The van der Waals surface area contributed by atoms with E-state index in [1.807, 2.05) is 20.8 Å². The first-order valence-corrected chi connectivity index (χ1v) is 10.8. The summed E-state index contributed by atoms with van der Waals surface area (Å²) in [6, 6.07) is 0. The van der Waals surface area contributed by atoms with E-state index in [1.54, 1.807) is 0 Å². The molecule has 0 fully saturated rings. The minimum Gasteiger partial charge on any atom is -0.330 e. The van der Waals surface area contributed by atoms with Gasteiger partial charge in [0.2, 0.25) is 0 Å². The zero-order valence-electron chi connectivity index (χ0n) is 17.5. The maximum absolute atomic E-state index is 6.06. The van der Waals surface area contributed by atoms with Crippen LogP contribution in [0.4, 0.5) is 0 Å². The third-order valence-corrected chi connectivity index (χ3v) is 4.70. The Bertz CT molecular complexity index is 257. The molecule has 4 nitrogen and oxygen atoms in total. The van der Waals surface area contributed by atoms with Crippen LogP contribution in [-0.2, 0) is 14.2 Å². The molecule has 152 valence electrons. The van der Waals surface area contributed by atoms with Gasteiger partial charge in [0.25, 0.3) is 5.97 Å². The summed E-state index contributed by atoms with van der Waals surface area (Å²) in [5.41, 5.74) is 5.64. The van der Waals surface area contributed by atoms with Crippen molar-refractivity contribution in [2.45, 2.75) is 104 Å². The molecule has 4 heteroatoms. The van der Waals surface area contributed by atoms with E-state index in [-0.39, 0.29) is 5.92 Å². The molecule has 2 N–H and O–H groups in total. The largest absolute Gasteiger partial charge is 0.330 e. The topological polar surface area (TPSA) is 53.7 Å². The molecule has 1 atom stereocenters. The summed E-state index contributed by atoms with van der Waals surface area (Å²) in [6.07, 6.45) is 13.5. The van der Waals surface area contributed by atoms with Gasteiger partial charge in [0.15, 0.2) is 0 Å². The first-order chi connectivity index (χ1) is 12.2. The number of nitrogens with two attached hydrogens (primary N) is 1. The average molecular weight is 360 g/mol. The van der Waals surface area contributed by atoms with Crippen molar-refractivity contribution in [3.63, 3.8) is 0 Å². The summed E-state index contributed by atoms with van der Waals surface area (Å²) in [4.78, 5) is 0. The Labute approximate surface area is 157 Å². The molecule has 0 radical (unpaired) electrons. The monoisotopic (exact) mass is 359 g/mol. The number of ether oxygens (including phenoxy) is 3. The van der Waals surface area contributed by atoms with Gasteiger partial charge in [0.05, 0.1) is 0 Å². The van der Waals surface area contributed by atoms with E-state index in [9.17, 15) is 0 Å². The smallest absolute Gasteiger partial charge is 0.285 e. The van der Waals surface area contributed by atoms with Crippen LogP contribution in [0.5, 0.6) is 0 Å². The van der Waals surface area contributed by atoms with E-state index in [0.717, 1.165) is 32.2 Å². The summed E-state index contributed by atoms with van der Waals surface area (Å²) in [5.74, 6) is -0.582. The first kappa shape index (κ1) is 24.8. The van der Waals surface area contributed by atoms with Gasteiger partial charge in [-0.25, -0.2) is 0 Å². The fourth-order valence-electron chi connectivity index (χ4n) is 3.46. The molecule has 0 spiro atoms. The first-order valence-electron chi connectivity index (χ1n) is 10.8. The van der Waals surface area contributed by atoms with Crippen LogP contribution in [0.15, 0.2) is 0 Å². The molecule has 0 heterocycles. The standard InChI is InChI=1S/C21H45NO3/c1-5-9-10-11-12-14-17-20(18-15-13-16-19-22)21(23-6-2,24-7-3)25-8-4/h20H,5-19,22H2,1-4H3. The molecule has 0 bridgehead atoms. The molecule has 0 aromatic carbocycles. The van der Waals surface area contributed by atoms with E-state index in [4.69, 9.17) is 19.9 Å². The van der Waals surface area contributed by atoms with E-state index in [1.165, 1.54) is 44.9 Å². The Morgan fingerprint density at radius 1 is 0.640 bits per heavy atom. The Hall–Kier alpha value is -0.160. The lowest BCUT2D eigenvalue weighted by Crippen LogP contribution is -2.46. The van der Waals surface area contributed by atoms with E-state index in [2.05, 4.69) is 6.92 Å². The molecule has 0 aromatic heterocycles. The van der Waals surface area contributed by atoms with Gasteiger partial charge in [-0.15, -0.1) is 0 Å². The Morgan fingerprint density at radius 2 is 1.08 bits per heavy atom. The van der Waals surface area contributed by atoms with Gasteiger partial charge in [-0.3, -0.25) is 0 Å². The van der Waals surface area contributed by atoms with Gasteiger partial charge in [-0.2, -0.15) is 0 Å². The van der Waals surface area contributed by atoms with Crippen molar-refractivity contribution in [1.29, 1.82) is 0 Å². The number of rotatable bonds is 19. The highest BCUT2D eigenvalue weighted by Gasteiger charge is 2.41. The summed E-state index contributed by atoms with van der Waals surface area (Å²) in [5, 5.41) is 0. The highest BCUT2D eigenvalue weighted by Crippen LogP contribution is 2.34. The maximum Gasteiger partial charge on any atom is 0.285 e. The number of hydrogen-bond donors (Lipinski definition) is 1. The lowest BCUT2D eigenvalue weighted by atomic mass is 9.92. The van der Waals surface area contributed by atoms with Crippen LogP contribution in [0.2, 0.25) is 0 Å². The normalized spacial score (nSPS) is 13.3. The molecule has 0 aliphatic carbocycles. The summed E-state index contributed by atoms with van der Waals surface area (Å²) in [6.45, 7) is 10.9. The predicted octanol–water partition coefficient (Wildman–Crippen LogP) is 5.64. The van der Waals surface area contributed by atoms with Crippen LogP contribution < -0.4 is 5.73 Å². The van der Waals surface area contributed by atoms with Gasteiger partial charge in [-0.05, 0) is 46.6 Å². The van der Waals surface area contributed by atoms with Crippen molar-refractivity contribution in [2.24, 2.45) is 11.7 Å². The number of hydrogen-bond acceptors (Lipinski definition) is 4. The summed E-state index contributed by atoms with van der Waals surface area (Å²) in [7, 11) is 0. The zero-order chi connectivity index (χ0) is 18.8. The highest BCUT2D eigenvalue weighted by atomic mass is 16.9. The molecule has 1 unspecified atom stereocenters. The highest BCUT2D eigenvalue weighted by molar-refractivity contribution is 4.73. The molecule has 25 heavy (non-hydrogen) atoms. The third kappa shape index (κ3) is 11.2. The van der Waals surface area contributed by atoms with Crippen LogP contribution in [0.1, 0.15) is 98.3 Å². The molecule has 0 aromatic rings. The van der Waals surface area contributed by atoms with Crippen molar-refractivity contribution in [1.82, 2.24) is 0 Å². The van der Waals surface area contributed by atoms with Crippen molar-refractivity contribution < 1.29 is 14.2 Å². The molecule has 0 amide bonds. The Kier molecular flexibility index (Phi) is 17.2. The van der Waals surface area contributed by atoms with Gasteiger partial charge in [0, 0.05) is 25.7 Å². The van der Waals surface area contributed by atoms with Crippen molar-refractivity contribution >= 4 is 0 Å². The van der Waals surface area contributed by atoms with Crippen molar-refractivity contribution in [2.75, 3.05) is 26.4 Å². The third-order valence-electron chi connectivity index (χ3n) is 4.70. The summed E-state index contributed by atoms with van der Waals surface area (Å²) < 4.78 is 18.2. The SMILES string of the molecule is CCCCCCCCC(CCCCCN)C(OCC)(OCC)OCC. The van der Waals surface area contributed by atoms with Crippen LogP contribution in [0.3, 0.4) is 0 Å². The molecule has 0 saturated heterocycles. The second kappa shape index (κ2) is 17.3. The van der Waals surface area contributed by atoms with Crippen molar-refractivity contribution in [3.05, 3.63) is 0 Å². The van der Waals surface area contributed by atoms with Crippen LogP contribution in [0.25, 0.3) is 0 Å². The molecule has 0 aliphatic rings. The summed E-state index contributed by atoms with van der Waals surface area (Å²) >= 11 is 0. The molecular weight excluding hydrogens is 314 g/mol. The quantitative estimate of drug-likeness (QED) is 0.240. The second-order valence-corrected chi connectivity index (χ2v) is 6.79.